The quantitative estimate of drug-likeness (QED) is 0.843. The Morgan fingerprint density at radius 3 is 2.76 bits per heavy atom. The van der Waals surface area contributed by atoms with Crippen LogP contribution in [0, 0.1) is 5.82 Å². The van der Waals surface area contributed by atoms with Crippen LogP contribution in [0.4, 0.5) is 4.39 Å². The van der Waals surface area contributed by atoms with Gasteiger partial charge in [-0.2, -0.15) is 5.10 Å². The molecule has 0 unspecified atom stereocenters. The Kier molecular flexibility index (Phi) is 3.45. The lowest BCUT2D eigenvalue weighted by Gasteiger charge is -2.15. The normalized spacial score (nSPS) is 13.9. The van der Waals surface area contributed by atoms with Crippen LogP contribution in [0.1, 0.15) is 11.3 Å². The fourth-order valence-corrected chi connectivity index (χ4v) is 2.06. The van der Waals surface area contributed by atoms with E-state index in [1.54, 1.807) is 12.1 Å². The van der Waals surface area contributed by atoms with Crippen LogP contribution in [0.15, 0.2) is 30.5 Å². The first-order valence-corrected chi connectivity index (χ1v) is 5.37. The van der Waals surface area contributed by atoms with Gasteiger partial charge in [-0.05, 0) is 24.3 Å². The van der Waals surface area contributed by atoms with E-state index in [-0.39, 0.29) is 18.2 Å². The van der Waals surface area contributed by atoms with E-state index in [0.717, 1.165) is 25.2 Å². The Morgan fingerprint density at radius 1 is 1.24 bits per heavy atom. The number of rotatable bonds is 1. The summed E-state index contributed by atoms with van der Waals surface area (Å²) in [7, 11) is 0. The minimum Gasteiger partial charge on any atom is -0.312 e. The first-order chi connectivity index (χ1) is 7.84. The average molecular weight is 254 g/mol. The van der Waals surface area contributed by atoms with Crippen molar-refractivity contribution in [3.8, 4) is 5.69 Å². The number of nitrogens with zero attached hydrogens (tertiary/aromatic N) is 2. The monoisotopic (exact) mass is 253 g/mol. The fraction of sp³-hybridized carbons (Fsp3) is 0.250. The fourth-order valence-electron chi connectivity index (χ4n) is 2.06. The molecule has 0 aliphatic carbocycles. The highest BCUT2D eigenvalue weighted by Crippen LogP contribution is 2.18. The average Bonchev–Trinajstić information content (AvgIpc) is 2.74. The standard InChI is InChI=1S/C12H12FN3.ClH/c13-10-1-3-11(4-2-10)16-12-5-6-14-7-9(12)8-15-16;/h1-4,8,14H,5-7H2;1H. The lowest BCUT2D eigenvalue weighted by molar-refractivity contribution is 0.618. The van der Waals surface area contributed by atoms with Gasteiger partial charge in [0.2, 0.25) is 0 Å². The van der Waals surface area contributed by atoms with Crippen LogP contribution in [0.5, 0.6) is 0 Å². The predicted octanol–water partition coefficient (Wildman–Crippen LogP) is 2.08. The molecule has 1 aromatic heterocycles. The zero-order chi connectivity index (χ0) is 11.0. The molecular weight excluding hydrogens is 241 g/mol. The second-order valence-corrected chi connectivity index (χ2v) is 3.93. The molecule has 0 saturated carbocycles. The molecule has 3 nitrogen and oxygen atoms in total. The first kappa shape index (κ1) is 12.1. The second-order valence-electron chi connectivity index (χ2n) is 3.93. The summed E-state index contributed by atoms with van der Waals surface area (Å²) in [4.78, 5) is 0. The van der Waals surface area contributed by atoms with E-state index in [9.17, 15) is 4.39 Å². The molecule has 1 aromatic carbocycles. The highest BCUT2D eigenvalue weighted by molar-refractivity contribution is 5.85. The number of halogens is 2. The SMILES string of the molecule is Cl.Fc1ccc(-n2ncc3c2CCNC3)cc1. The lowest BCUT2D eigenvalue weighted by atomic mass is 10.1. The third-order valence-corrected chi connectivity index (χ3v) is 2.88. The summed E-state index contributed by atoms with van der Waals surface area (Å²) < 4.78 is 14.7. The van der Waals surface area contributed by atoms with Crippen LogP contribution in [-0.2, 0) is 13.0 Å². The van der Waals surface area contributed by atoms with Crippen molar-refractivity contribution in [1.82, 2.24) is 15.1 Å². The van der Waals surface area contributed by atoms with Gasteiger partial charge in [-0.15, -0.1) is 12.4 Å². The molecule has 17 heavy (non-hydrogen) atoms. The minimum atomic E-state index is -0.216. The molecular formula is C12H13ClFN3. The number of nitrogens with one attached hydrogen (secondary N) is 1. The van der Waals surface area contributed by atoms with E-state index in [1.807, 2.05) is 10.9 Å². The molecule has 0 saturated heterocycles. The molecule has 2 heterocycles. The summed E-state index contributed by atoms with van der Waals surface area (Å²) in [6, 6.07) is 6.43. The Bertz CT molecular complexity index is 507. The largest absolute Gasteiger partial charge is 0.312 e. The maximum atomic E-state index is 12.8. The van der Waals surface area contributed by atoms with Crippen LogP contribution >= 0.6 is 12.4 Å². The van der Waals surface area contributed by atoms with Crippen LogP contribution in [0.25, 0.3) is 5.69 Å². The van der Waals surface area contributed by atoms with Gasteiger partial charge in [-0.3, -0.25) is 0 Å². The van der Waals surface area contributed by atoms with Crippen LogP contribution in [0.2, 0.25) is 0 Å². The second kappa shape index (κ2) is 4.85. The molecule has 0 bridgehead atoms. The molecule has 1 aliphatic heterocycles. The summed E-state index contributed by atoms with van der Waals surface area (Å²) >= 11 is 0. The predicted molar refractivity (Wildman–Crippen MR) is 66.2 cm³/mol. The number of fused-ring (bicyclic) bond motifs is 1. The zero-order valence-corrected chi connectivity index (χ0v) is 10.0. The molecule has 3 rings (SSSR count). The summed E-state index contributed by atoms with van der Waals surface area (Å²) in [5.74, 6) is -0.216. The highest BCUT2D eigenvalue weighted by atomic mass is 35.5. The Morgan fingerprint density at radius 2 is 2.00 bits per heavy atom. The van der Waals surface area contributed by atoms with Crippen molar-refractivity contribution in [2.24, 2.45) is 0 Å². The maximum Gasteiger partial charge on any atom is 0.123 e. The molecule has 0 fully saturated rings. The van der Waals surface area contributed by atoms with E-state index >= 15 is 0 Å². The van der Waals surface area contributed by atoms with Gasteiger partial charge in [0.25, 0.3) is 0 Å². The van der Waals surface area contributed by atoms with Crippen molar-refractivity contribution in [2.45, 2.75) is 13.0 Å². The summed E-state index contributed by atoms with van der Waals surface area (Å²) in [5, 5.41) is 7.65. The van der Waals surface area contributed by atoms with E-state index in [0.29, 0.717) is 0 Å². The Labute approximate surface area is 105 Å². The molecule has 1 N–H and O–H groups in total. The van der Waals surface area contributed by atoms with Crippen molar-refractivity contribution >= 4 is 12.4 Å². The summed E-state index contributed by atoms with van der Waals surface area (Å²) in [6.45, 7) is 1.84. The van der Waals surface area contributed by atoms with Crippen molar-refractivity contribution < 1.29 is 4.39 Å². The number of hydrogen-bond acceptors (Lipinski definition) is 2. The van der Waals surface area contributed by atoms with E-state index in [2.05, 4.69) is 10.4 Å². The summed E-state index contributed by atoms with van der Waals surface area (Å²) in [5.41, 5.74) is 3.38. The van der Waals surface area contributed by atoms with Crippen molar-refractivity contribution in [1.29, 1.82) is 0 Å². The number of hydrogen-bond donors (Lipinski definition) is 1. The van der Waals surface area contributed by atoms with E-state index in [4.69, 9.17) is 0 Å². The van der Waals surface area contributed by atoms with Gasteiger partial charge in [0.05, 0.1) is 11.9 Å². The molecule has 2 aromatic rings. The number of benzene rings is 1. The van der Waals surface area contributed by atoms with Gasteiger partial charge in [0.1, 0.15) is 5.82 Å². The van der Waals surface area contributed by atoms with Crippen LogP contribution in [-0.4, -0.2) is 16.3 Å². The molecule has 0 radical (unpaired) electrons. The molecule has 1 aliphatic rings. The van der Waals surface area contributed by atoms with Gasteiger partial charge in [-0.25, -0.2) is 9.07 Å². The minimum absolute atomic E-state index is 0. The zero-order valence-electron chi connectivity index (χ0n) is 9.19. The molecule has 0 spiro atoms. The topological polar surface area (TPSA) is 29.9 Å². The van der Waals surface area contributed by atoms with Gasteiger partial charge >= 0.3 is 0 Å². The first-order valence-electron chi connectivity index (χ1n) is 5.37. The van der Waals surface area contributed by atoms with Gasteiger partial charge in [0.15, 0.2) is 0 Å². The molecule has 0 atom stereocenters. The van der Waals surface area contributed by atoms with Crippen LogP contribution in [0.3, 0.4) is 0 Å². The number of aromatic nitrogens is 2. The summed E-state index contributed by atoms with van der Waals surface area (Å²) in [6.07, 6.45) is 2.84. The van der Waals surface area contributed by atoms with E-state index < -0.39 is 0 Å². The van der Waals surface area contributed by atoms with Crippen molar-refractivity contribution in [3.63, 3.8) is 0 Å². The van der Waals surface area contributed by atoms with Crippen molar-refractivity contribution in [3.05, 3.63) is 47.5 Å². The third kappa shape index (κ3) is 2.18. The maximum absolute atomic E-state index is 12.8. The Balaban J connectivity index is 0.00000108. The smallest absolute Gasteiger partial charge is 0.123 e. The lowest BCUT2D eigenvalue weighted by Crippen LogP contribution is -2.24. The molecule has 5 heteroatoms. The molecule has 0 amide bonds. The highest BCUT2D eigenvalue weighted by Gasteiger charge is 2.15. The van der Waals surface area contributed by atoms with Crippen molar-refractivity contribution in [2.75, 3.05) is 6.54 Å². The van der Waals surface area contributed by atoms with Gasteiger partial charge in [-0.1, -0.05) is 0 Å². The van der Waals surface area contributed by atoms with Crippen LogP contribution < -0.4 is 5.32 Å². The van der Waals surface area contributed by atoms with E-state index in [1.165, 1.54) is 23.4 Å². The third-order valence-electron chi connectivity index (χ3n) is 2.88. The Hall–Kier alpha value is -1.39. The van der Waals surface area contributed by atoms with Gasteiger partial charge in [0, 0.05) is 30.8 Å². The molecule has 90 valence electrons. The van der Waals surface area contributed by atoms with Gasteiger partial charge < -0.3 is 5.32 Å².